The van der Waals surface area contributed by atoms with Crippen LogP contribution in [-0.4, -0.2) is 25.0 Å². The van der Waals surface area contributed by atoms with Crippen LogP contribution in [0.2, 0.25) is 5.02 Å². The number of anilines is 1. The third-order valence-corrected chi connectivity index (χ3v) is 3.60. The van der Waals surface area contributed by atoms with E-state index in [9.17, 15) is 9.59 Å². The highest BCUT2D eigenvalue weighted by Crippen LogP contribution is 2.28. The van der Waals surface area contributed by atoms with Crippen LogP contribution in [-0.2, 0) is 16.1 Å². The normalized spacial score (nSPS) is 12.6. The molecule has 2 aromatic rings. The lowest BCUT2D eigenvalue weighted by molar-refractivity contribution is -0.123. The summed E-state index contributed by atoms with van der Waals surface area (Å²) in [7, 11) is 0. The average Bonchev–Trinajstić information content (AvgIpc) is 2.59. The number of benzene rings is 2. The van der Waals surface area contributed by atoms with Crippen molar-refractivity contribution in [2.75, 3.05) is 18.5 Å². The Morgan fingerprint density at radius 1 is 1.25 bits per heavy atom. The molecule has 2 N–H and O–H groups in total. The molecule has 1 aliphatic rings. The van der Waals surface area contributed by atoms with Crippen LogP contribution in [0.3, 0.4) is 0 Å². The van der Waals surface area contributed by atoms with E-state index in [4.69, 9.17) is 21.1 Å². The van der Waals surface area contributed by atoms with Crippen molar-refractivity contribution in [1.29, 1.82) is 0 Å². The van der Waals surface area contributed by atoms with Gasteiger partial charge in [-0.3, -0.25) is 9.59 Å². The van der Waals surface area contributed by atoms with Crippen LogP contribution < -0.4 is 20.1 Å². The first kappa shape index (κ1) is 16.1. The summed E-state index contributed by atoms with van der Waals surface area (Å²) in [5.41, 5.74) is 1.50. The molecule has 0 fully saturated rings. The van der Waals surface area contributed by atoms with Crippen molar-refractivity contribution >= 4 is 29.1 Å². The molecule has 2 amide bonds. The highest BCUT2D eigenvalue weighted by molar-refractivity contribution is 6.30. The SMILES string of the molecule is O=C(COc1ccc(Cl)cc1)NCc1ccc2c(c1)OCC(=O)N2. The van der Waals surface area contributed by atoms with Gasteiger partial charge >= 0.3 is 0 Å². The molecule has 0 radical (unpaired) electrons. The average molecular weight is 347 g/mol. The quantitative estimate of drug-likeness (QED) is 0.871. The van der Waals surface area contributed by atoms with E-state index in [1.165, 1.54) is 0 Å². The first-order valence-corrected chi connectivity index (χ1v) is 7.68. The van der Waals surface area contributed by atoms with Crippen LogP contribution in [0.4, 0.5) is 5.69 Å². The van der Waals surface area contributed by atoms with Gasteiger partial charge in [-0.05, 0) is 42.0 Å². The summed E-state index contributed by atoms with van der Waals surface area (Å²) in [6, 6.07) is 12.1. The third-order valence-electron chi connectivity index (χ3n) is 3.35. The smallest absolute Gasteiger partial charge is 0.262 e. The molecule has 0 unspecified atom stereocenters. The van der Waals surface area contributed by atoms with E-state index < -0.39 is 0 Å². The Morgan fingerprint density at radius 2 is 2.04 bits per heavy atom. The number of halogens is 1. The molecular weight excluding hydrogens is 332 g/mol. The zero-order valence-corrected chi connectivity index (χ0v) is 13.4. The van der Waals surface area contributed by atoms with Crippen LogP contribution in [0.5, 0.6) is 11.5 Å². The Labute approximate surface area is 143 Å². The zero-order valence-electron chi connectivity index (χ0n) is 12.7. The van der Waals surface area contributed by atoms with Crippen molar-refractivity contribution in [2.24, 2.45) is 0 Å². The first-order valence-electron chi connectivity index (χ1n) is 7.31. The second-order valence-corrected chi connectivity index (χ2v) is 5.62. The lowest BCUT2D eigenvalue weighted by Gasteiger charge is -2.18. The number of hydrogen-bond acceptors (Lipinski definition) is 4. The molecule has 1 aliphatic heterocycles. The fourth-order valence-corrected chi connectivity index (χ4v) is 2.29. The molecule has 0 saturated heterocycles. The van der Waals surface area contributed by atoms with Gasteiger partial charge in [-0.2, -0.15) is 0 Å². The largest absolute Gasteiger partial charge is 0.484 e. The Balaban J connectivity index is 1.49. The standard InChI is InChI=1S/C17H15ClN2O4/c18-12-2-4-13(5-3-12)23-9-16(21)19-8-11-1-6-14-15(7-11)24-10-17(22)20-14/h1-7H,8-10H2,(H,19,21)(H,20,22). The highest BCUT2D eigenvalue weighted by Gasteiger charge is 2.16. The van der Waals surface area contributed by atoms with Gasteiger partial charge in [0, 0.05) is 11.6 Å². The molecule has 0 saturated carbocycles. The Morgan fingerprint density at radius 3 is 2.83 bits per heavy atom. The van der Waals surface area contributed by atoms with Crippen LogP contribution in [0.25, 0.3) is 0 Å². The van der Waals surface area contributed by atoms with Crippen LogP contribution in [0.15, 0.2) is 42.5 Å². The van der Waals surface area contributed by atoms with Crippen molar-refractivity contribution in [2.45, 2.75) is 6.54 Å². The Bertz CT molecular complexity index is 762. The van der Waals surface area contributed by atoms with Crippen LogP contribution >= 0.6 is 11.6 Å². The lowest BCUT2D eigenvalue weighted by atomic mass is 10.1. The van der Waals surface area contributed by atoms with E-state index >= 15 is 0 Å². The fraction of sp³-hybridized carbons (Fsp3) is 0.176. The molecule has 0 aliphatic carbocycles. The maximum absolute atomic E-state index is 11.8. The van der Waals surface area contributed by atoms with Gasteiger partial charge in [-0.15, -0.1) is 0 Å². The predicted octanol–water partition coefficient (Wildman–Crippen LogP) is 2.37. The van der Waals surface area contributed by atoms with Gasteiger partial charge < -0.3 is 20.1 Å². The molecule has 0 spiro atoms. The van der Waals surface area contributed by atoms with Crippen molar-refractivity contribution in [3.8, 4) is 11.5 Å². The van der Waals surface area contributed by atoms with Gasteiger partial charge in [0.05, 0.1) is 5.69 Å². The number of hydrogen-bond donors (Lipinski definition) is 2. The van der Waals surface area contributed by atoms with Crippen LogP contribution in [0.1, 0.15) is 5.56 Å². The van der Waals surface area contributed by atoms with Gasteiger partial charge in [0.1, 0.15) is 11.5 Å². The van der Waals surface area contributed by atoms with Crippen molar-refractivity contribution in [1.82, 2.24) is 5.32 Å². The van der Waals surface area contributed by atoms with E-state index in [1.807, 2.05) is 6.07 Å². The highest BCUT2D eigenvalue weighted by atomic mass is 35.5. The molecular formula is C17H15ClN2O4. The summed E-state index contributed by atoms with van der Waals surface area (Å²) >= 11 is 5.78. The van der Waals surface area contributed by atoms with Gasteiger partial charge in [0.2, 0.25) is 0 Å². The number of nitrogens with one attached hydrogen (secondary N) is 2. The minimum absolute atomic E-state index is 0.00224. The van der Waals surface area contributed by atoms with E-state index in [0.717, 1.165) is 5.56 Å². The van der Waals surface area contributed by atoms with Gasteiger partial charge in [-0.25, -0.2) is 0 Å². The number of rotatable bonds is 5. The number of amides is 2. The van der Waals surface area contributed by atoms with E-state index in [2.05, 4.69) is 10.6 Å². The van der Waals surface area contributed by atoms with Crippen molar-refractivity contribution in [3.63, 3.8) is 0 Å². The maximum Gasteiger partial charge on any atom is 0.262 e. The summed E-state index contributed by atoms with van der Waals surface area (Å²) in [4.78, 5) is 23.1. The minimum atomic E-state index is -0.239. The fourth-order valence-electron chi connectivity index (χ4n) is 2.16. The molecule has 6 nitrogen and oxygen atoms in total. The molecule has 0 aromatic heterocycles. The lowest BCUT2D eigenvalue weighted by Crippen LogP contribution is -2.29. The second kappa shape index (κ2) is 7.23. The molecule has 0 atom stereocenters. The molecule has 3 rings (SSSR count). The van der Waals surface area contributed by atoms with E-state index in [0.29, 0.717) is 28.8 Å². The molecule has 2 aromatic carbocycles. The third kappa shape index (κ3) is 4.17. The predicted molar refractivity (Wildman–Crippen MR) is 89.4 cm³/mol. The second-order valence-electron chi connectivity index (χ2n) is 5.19. The first-order chi connectivity index (χ1) is 11.6. The Hall–Kier alpha value is -2.73. The molecule has 124 valence electrons. The number of carbonyl (C=O) groups excluding carboxylic acids is 2. The maximum atomic E-state index is 11.8. The monoisotopic (exact) mass is 346 g/mol. The molecule has 1 heterocycles. The summed E-state index contributed by atoms with van der Waals surface area (Å²) in [6.45, 7) is 0.254. The summed E-state index contributed by atoms with van der Waals surface area (Å²) in [5.74, 6) is 0.756. The van der Waals surface area contributed by atoms with Crippen LogP contribution in [0, 0.1) is 0 Å². The molecule has 24 heavy (non-hydrogen) atoms. The van der Waals surface area contributed by atoms with E-state index in [1.54, 1.807) is 36.4 Å². The van der Waals surface area contributed by atoms with Gasteiger partial charge in [0.25, 0.3) is 11.8 Å². The van der Waals surface area contributed by atoms with Crippen molar-refractivity contribution in [3.05, 3.63) is 53.1 Å². The number of fused-ring (bicyclic) bond motifs is 1. The topological polar surface area (TPSA) is 76.7 Å². The summed E-state index contributed by atoms with van der Waals surface area (Å²) in [6.07, 6.45) is 0. The number of ether oxygens (including phenoxy) is 2. The number of carbonyl (C=O) groups is 2. The molecule has 0 bridgehead atoms. The van der Waals surface area contributed by atoms with Gasteiger partial charge in [0.15, 0.2) is 13.2 Å². The summed E-state index contributed by atoms with van der Waals surface area (Å²) < 4.78 is 10.7. The Kier molecular flexibility index (Phi) is 4.86. The van der Waals surface area contributed by atoms with Crippen molar-refractivity contribution < 1.29 is 19.1 Å². The van der Waals surface area contributed by atoms with E-state index in [-0.39, 0.29) is 25.0 Å². The zero-order chi connectivity index (χ0) is 16.9. The minimum Gasteiger partial charge on any atom is -0.484 e. The molecule has 7 heteroatoms. The summed E-state index contributed by atoms with van der Waals surface area (Å²) in [5, 5.41) is 6.09. The van der Waals surface area contributed by atoms with Gasteiger partial charge in [-0.1, -0.05) is 17.7 Å².